The maximum Gasteiger partial charge on any atom is 0.116 e. The van der Waals surface area contributed by atoms with Gasteiger partial charge in [-0.1, -0.05) is 12.1 Å². The average molecular weight is 188 g/mol. The Morgan fingerprint density at radius 3 is 2.64 bits per heavy atom. The number of aromatic hydroxyl groups is 1. The zero-order valence-electron chi connectivity index (χ0n) is 7.94. The van der Waals surface area contributed by atoms with Crippen molar-refractivity contribution in [3.8, 4) is 16.9 Å². The summed E-state index contributed by atoms with van der Waals surface area (Å²) in [4.78, 5) is 0. The van der Waals surface area contributed by atoms with E-state index in [2.05, 4.69) is 0 Å². The highest BCUT2D eigenvalue weighted by atomic mass is 16.3. The van der Waals surface area contributed by atoms with E-state index in [1.807, 2.05) is 30.1 Å². The fourth-order valence-corrected chi connectivity index (χ4v) is 1.52. The van der Waals surface area contributed by atoms with E-state index in [1.165, 1.54) is 0 Å². The van der Waals surface area contributed by atoms with Gasteiger partial charge in [-0.15, -0.1) is 0 Å². The summed E-state index contributed by atoms with van der Waals surface area (Å²) in [6, 6.07) is 7.07. The number of rotatable bonds is 1. The highest BCUT2D eigenvalue weighted by Gasteiger charge is 2.04. The van der Waals surface area contributed by atoms with Gasteiger partial charge < -0.3 is 15.4 Å². The molecule has 0 amide bonds. The second-order valence-electron chi connectivity index (χ2n) is 3.34. The summed E-state index contributed by atoms with van der Waals surface area (Å²) >= 11 is 0. The van der Waals surface area contributed by atoms with Crippen LogP contribution in [0.4, 0.5) is 5.69 Å². The molecule has 3 N–H and O–H groups in total. The predicted molar refractivity (Wildman–Crippen MR) is 56.9 cm³/mol. The van der Waals surface area contributed by atoms with Gasteiger partial charge >= 0.3 is 0 Å². The Balaban J connectivity index is 2.54. The van der Waals surface area contributed by atoms with Crippen molar-refractivity contribution >= 4 is 5.69 Å². The molecule has 0 aliphatic heterocycles. The molecule has 0 atom stereocenters. The van der Waals surface area contributed by atoms with E-state index in [9.17, 15) is 5.11 Å². The molecular formula is C11H12N2O. The Hall–Kier alpha value is -1.90. The van der Waals surface area contributed by atoms with Crippen LogP contribution in [0.1, 0.15) is 0 Å². The molecule has 0 saturated heterocycles. The van der Waals surface area contributed by atoms with E-state index in [-0.39, 0.29) is 5.75 Å². The second kappa shape index (κ2) is 3.10. The fraction of sp³-hybridized carbons (Fsp3) is 0.0909. The molecule has 2 rings (SSSR count). The Morgan fingerprint density at radius 1 is 1.29 bits per heavy atom. The number of benzene rings is 1. The summed E-state index contributed by atoms with van der Waals surface area (Å²) in [5, 5.41) is 9.32. The molecule has 0 unspecified atom stereocenters. The first-order valence-electron chi connectivity index (χ1n) is 4.37. The third-order valence-electron chi connectivity index (χ3n) is 2.14. The lowest BCUT2D eigenvalue weighted by Gasteiger charge is -2.00. The van der Waals surface area contributed by atoms with Crippen LogP contribution in [-0.4, -0.2) is 9.67 Å². The lowest BCUT2D eigenvalue weighted by molar-refractivity contribution is 0.475. The molecule has 72 valence electrons. The second-order valence-corrected chi connectivity index (χ2v) is 3.34. The monoisotopic (exact) mass is 188 g/mol. The Morgan fingerprint density at radius 2 is 2.07 bits per heavy atom. The van der Waals surface area contributed by atoms with Crippen LogP contribution in [-0.2, 0) is 7.05 Å². The van der Waals surface area contributed by atoms with Crippen LogP contribution in [0, 0.1) is 0 Å². The minimum Gasteiger partial charge on any atom is -0.508 e. The molecule has 0 bridgehead atoms. The topological polar surface area (TPSA) is 51.2 Å². The number of nitrogen functional groups attached to an aromatic ring is 1. The van der Waals surface area contributed by atoms with Crippen molar-refractivity contribution in [1.29, 1.82) is 0 Å². The number of nitrogens with zero attached hydrogens (tertiary/aromatic N) is 1. The molecule has 14 heavy (non-hydrogen) atoms. The molecule has 1 heterocycles. The van der Waals surface area contributed by atoms with Crippen molar-refractivity contribution in [1.82, 2.24) is 4.57 Å². The zero-order valence-corrected chi connectivity index (χ0v) is 7.94. The quantitative estimate of drug-likeness (QED) is 0.719. The Labute approximate surface area is 82.4 Å². The lowest BCUT2D eigenvalue weighted by atomic mass is 10.1. The van der Waals surface area contributed by atoms with Crippen LogP contribution in [0.2, 0.25) is 0 Å². The molecule has 0 spiro atoms. The standard InChI is InChI=1S/C11H12N2O/c1-13-6-10(11(12)7-13)8-3-2-4-9(14)5-8/h2-7,14H,12H2,1H3. The van der Waals surface area contributed by atoms with Crippen molar-refractivity contribution in [2.75, 3.05) is 5.73 Å². The molecule has 3 heteroatoms. The SMILES string of the molecule is Cn1cc(N)c(-c2cccc(O)c2)c1. The van der Waals surface area contributed by atoms with Crippen LogP contribution in [0.5, 0.6) is 5.75 Å². The van der Waals surface area contributed by atoms with Gasteiger partial charge in [-0.25, -0.2) is 0 Å². The minimum atomic E-state index is 0.255. The number of anilines is 1. The summed E-state index contributed by atoms with van der Waals surface area (Å²) in [7, 11) is 1.92. The van der Waals surface area contributed by atoms with Crippen LogP contribution < -0.4 is 5.73 Å². The van der Waals surface area contributed by atoms with Gasteiger partial charge in [-0.3, -0.25) is 0 Å². The first-order valence-corrected chi connectivity index (χ1v) is 4.37. The van der Waals surface area contributed by atoms with Gasteiger partial charge in [0.05, 0.1) is 5.69 Å². The molecule has 0 aliphatic rings. The highest BCUT2D eigenvalue weighted by Crippen LogP contribution is 2.28. The first-order chi connectivity index (χ1) is 6.66. The summed E-state index contributed by atoms with van der Waals surface area (Å²) in [6.07, 6.45) is 3.78. The molecule has 0 aliphatic carbocycles. The predicted octanol–water partition coefficient (Wildman–Crippen LogP) is 1.98. The molecular weight excluding hydrogens is 176 g/mol. The van der Waals surface area contributed by atoms with Crippen molar-refractivity contribution < 1.29 is 5.11 Å². The molecule has 0 saturated carbocycles. The molecule has 3 nitrogen and oxygen atoms in total. The number of hydrogen-bond acceptors (Lipinski definition) is 2. The molecule has 0 fully saturated rings. The molecule has 1 aromatic heterocycles. The van der Waals surface area contributed by atoms with E-state index in [1.54, 1.807) is 18.2 Å². The van der Waals surface area contributed by atoms with Crippen LogP contribution in [0.25, 0.3) is 11.1 Å². The zero-order chi connectivity index (χ0) is 10.1. The molecule has 2 aromatic rings. The number of nitrogens with two attached hydrogens (primary N) is 1. The third-order valence-corrected chi connectivity index (χ3v) is 2.14. The summed E-state index contributed by atoms with van der Waals surface area (Å²) in [5.74, 6) is 0.255. The van der Waals surface area contributed by atoms with Gasteiger partial charge in [0, 0.05) is 25.0 Å². The third kappa shape index (κ3) is 1.44. The smallest absolute Gasteiger partial charge is 0.116 e. The number of phenolic OH excluding ortho intramolecular Hbond substituents is 1. The normalized spacial score (nSPS) is 10.4. The van der Waals surface area contributed by atoms with Crippen LogP contribution >= 0.6 is 0 Å². The summed E-state index contributed by atoms with van der Waals surface area (Å²) in [5.41, 5.74) is 8.42. The maximum atomic E-state index is 9.32. The molecule has 1 aromatic carbocycles. The van der Waals surface area contributed by atoms with E-state index in [4.69, 9.17) is 5.73 Å². The van der Waals surface area contributed by atoms with E-state index in [0.29, 0.717) is 0 Å². The molecule has 0 radical (unpaired) electrons. The fourth-order valence-electron chi connectivity index (χ4n) is 1.52. The van der Waals surface area contributed by atoms with Crippen molar-refractivity contribution in [3.63, 3.8) is 0 Å². The first kappa shape index (κ1) is 8.69. The van der Waals surface area contributed by atoms with Crippen molar-refractivity contribution in [3.05, 3.63) is 36.7 Å². The van der Waals surface area contributed by atoms with E-state index >= 15 is 0 Å². The van der Waals surface area contributed by atoms with Gasteiger partial charge in [0.1, 0.15) is 5.75 Å². The number of phenols is 1. The number of aromatic nitrogens is 1. The van der Waals surface area contributed by atoms with Gasteiger partial charge in [-0.05, 0) is 17.7 Å². The van der Waals surface area contributed by atoms with Crippen LogP contribution in [0.15, 0.2) is 36.7 Å². The average Bonchev–Trinajstić information content (AvgIpc) is 2.45. The highest BCUT2D eigenvalue weighted by molar-refractivity contribution is 5.76. The largest absolute Gasteiger partial charge is 0.508 e. The van der Waals surface area contributed by atoms with E-state index in [0.717, 1.165) is 16.8 Å². The van der Waals surface area contributed by atoms with Gasteiger partial charge in [0.2, 0.25) is 0 Å². The maximum absolute atomic E-state index is 9.32. The lowest BCUT2D eigenvalue weighted by Crippen LogP contribution is -1.84. The van der Waals surface area contributed by atoms with Gasteiger partial charge in [0.15, 0.2) is 0 Å². The van der Waals surface area contributed by atoms with Crippen molar-refractivity contribution in [2.24, 2.45) is 7.05 Å². The van der Waals surface area contributed by atoms with Gasteiger partial charge in [0.25, 0.3) is 0 Å². The Kier molecular flexibility index (Phi) is 1.93. The Bertz CT molecular complexity index is 460. The van der Waals surface area contributed by atoms with Crippen LogP contribution in [0.3, 0.4) is 0 Å². The summed E-state index contributed by atoms with van der Waals surface area (Å²) < 4.78 is 1.90. The number of aryl methyl sites for hydroxylation is 1. The minimum absolute atomic E-state index is 0.255. The van der Waals surface area contributed by atoms with E-state index < -0.39 is 0 Å². The van der Waals surface area contributed by atoms with Crippen molar-refractivity contribution in [2.45, 2.75) is 0 Å². The van der Waals surface area contributed by atoms with Gasteiger partial charge in [-0.2, -0.15) is 0 Å². The summed E-state index contributed by atoms with van der Waals surface area (Å²) in [6.45, 7) is 0. The number of hydrogen-bond donors (Lipinski definition) is 2.